The Balaban J connectivity index is 1.13. The first-order valence-electron chi connectivity index (χ1n) is 18.8. The van der Waals surface area contributed by atoms with E-state index in [1.165, 1.54) is 105 Å². The number of aromatic nitrogens is 1. The van der Waals surface area contributed by atoms with Crippen molar-refractivity contribution in [3.63, 3.8) is 0 Å². The molecule has 1 heterocycles. The maximum absolute atomic E-state index is 2.53. The number of fused-ring (bicyclic) bond motifs is 16. The Labute approximate surface area is 309 Å². The van der Waals surface area contributed by atoms with Gasteiger partial charge in [0, 0.05) is 21.9 Å². The zero-order valence-electron chi connectivity index (χ0n) is 29.7. The van der Waals surface area contributed by atoms with Crippen LogP contribution in [0.3, 0.4) is 0 Å². The van der Waals surface area contributed by atoms with E-state index >= 15 is 0 Å². The van der Waals surface area contributed by atoms with E-state index in [1.807, 2.05) is 0 Å². The van der Waals surface area contributed by atoms with Gasteiger partial charge >= 0.3 is 0 Å². The second kappa shape index (κ2) is 10.1. The molecule has 8 aromatic carbocycles. The average Bonchev–Trinajstić information content (AvgIpc) is 3.87. The zero-order chi connectivity index (χ0) is 35.1. The highest BCUT2D eigenvalue weighted by Gasteiger charge is 2.51. The van der Waals surface area contributed by atoms with Crippen LogP contribution in [-0.2, 0) is 10.8 Å². The van der Waals surface area contributed by atoms with Gasteiger partial charge in [0.15, 0.2) is 0 Å². The first kappa shape index (κ1) is 29.2. The fourth-order valence-electron chi connectivity index (χ4n) is 10.5. The maximum Gasteiger partial charge on any atom is 0.0726 e. The van der Waals surface area contributed by atoms with Gasteiger partial charge in [-0.2, -0.15) is 0 Å². The Bertz CT molecular complexity index is 2960. The van der Waals surface area contributed by atoms with E-state index in [1.54, 1.807) is 0 Å². The average molecular weight is 674 g/mol. The van der Waals surface area contributed by atoms with Gasteiger partial charge in [0.05, 0.1) is 16.4 Å². The summed E-state index contributed by atoms with van der Waals surface area (Å²) in [6, 6.07) is 66.3. The van der Waals surface area contributed by atoms with Gasteiger partial charge in [0.25, 0.3) is 0 Å². The van der Waals surface area contributed by atoms with E-state index in [0.717, 1.165) is 0 Å². The first-order chi connectivity index (χ1) is 26.0. The molecule has 0 bridgehead atoms. The van der Waals surface area contributed by atoms with Gasteiger partial charge in [-0.15, -0.1) is 0 Å². The van der Waals surface area contributed by atoms with Crippen LogP contribution in [0.5, 0.6) is 0 Å². The van der Waals surface area contributed by atoms with Gasteiger partial charge in [-0.05, 0) is 114 Å². The van der Waals surface area contributed by atoms with E-state index in [-0.39, 0.29) is 10.8 Å². The predicted octanol–water partition coefficient (Wildman–Crippen LogP) is 13.1. The summed E-state index contributed by atoms with van der Waals surface area (Å²) in [5.74, 6) is 0. The summed E-state index contributed by atoms with van der Waals surface area (Å²) in [5.41, 5.74) is 22.0. The molecule has 0 fully saturated rings. The zero-order valence-corrected chi connectivity index (χ0v) is 29.7. The van der Waals surface area contributed by atoms with Gasteiger partial charge in [0.2, 0.25) is 0 Å². The van der Waals surface area contributed by atoms with Crippen molar-refractivity contribution in [1.82, 2.24) is 4.57 Å². The number of hydrogen-bond donors (Lipinski definition) is 0. The van der Waals surface area contributed by atoms with Gasteiger partial charge in [-0.3, -0.25) is 0 Å². The van der Waals surface area contributed by atoms with Crippen LogP contribution in [0.15, 0.2) is 176 Å². The van der Waals surface area contributed by atoms with Crippen molar-refractivity contribution in [2.75, 3.05) is 0 Å². The van der Waals surface area contributed by atoms with Crippen molar-refractivity contribution in [2.45, 2.75) is 24.7 Å². The number of nitrogens with zero attached hydrogens (tertiary/aromatic N) is 1. The molecule has 0 saturated carbocycles. The van der Waals surface area contributed by atoms with Crippen molar-refractivity contribution < 1.29 is 0 Å². The molecular formula is C52H35N. The molecule has 1 spiro atoms. The summed E-state index contributed by atoms with van der Waals surface area (Å²) in [7, 11) is 0. The summed E-state index contributed by atoms with van der Waals surface area (Å²) in [5, 5.41) is 2.59. The lowest BCUT2D eigenvalue weighted by atomic mass is 9.70. The van der Waals surface area contributed by atoms with Crippen molar-refractivity contribution in [1.29, 1.82) is 0 Å². The number of rotatable bonds is 2. The molecule has 248 valence electrons. The monoisotopic (exact) mass is 673 g/mol. The topological polar surface area (TPSA) is 4.93 Å². The maximum atomic E-state index is 2.53. The lowest BCUT2D eigenvalue weighted by Crippen LogP contribution is -2.26. The summed E-state index contributed by atoms with van der Waals surface area (Å²) in [4.78, 5) is 0. The van der Waals surface area contributed by atoms with E-state index in [0.29, 0.717) is 0 Å². The third kappa shape index (κ3) is 3.57. The molecule has 3 aliphatic carbocycles. The SMILES string of the molecule is CC1(C)c2cc(-c3ccccc3)ccc2-c2cc3c(cc21)c1ccccc1n3-c1ccc2c(c1)C1(c3ccccc3-c3ccccc31)c1ccccc1-2. The lowest BCUT2D eigenvalue weighted by molar-refractivity contribution is 0.661. The van der Waals surface area contributed by atoms with E-state index < -0.39 is 0 Å². The summed E-state index contributed by atoms with van der Waals surface area (Å²) >= 11 is 0. The number of hydrogen-bond acceptors (Lipinski definition) is 0. The van der Waals surface area contributed by atoms with Crippen LogP contribution in [0.25, 0.3) is 72.0 Å². The van der Waals surface area contributed by atoms with Crippen LogP contribution in [-0.4, -0.2) is 4.57 Å². The van der Waals surface area contributed by atoms with Gasteiger partial charge < -0.3 is 4.57 Å². The Morgan fingerprint density at radius 2 is 0.887 bits per heavy atom. The minimum absolute atomic E-state index is 0.123. The third-order valence-electron chi connectivity index (χ3n) is 12.8. The summed E-state index contributed by atoms with van der Waals surface area (Å²) < 4.78 is 2.53. The Kier molecular flexibility index (Phi) is 5.57. The second-order valence-corrected chi connectivity index (χ2v) is 15.6. The highest BCUT2D eigenvalue weighted by atomic mass is 15.0. The fourth-order valence-corrected chi connectivity index (χ4v) is 10.5. The molecule has 1 heteroatoms. The van der Waals surface area contributed by atoms with Crippen molar-refractivity contribution in [3.05, 3.63) is 209 Å². The Morgan fingerprint density at radius 1 is 0.340 bits per heavy atom. The highest BCUT2D eigenvalue weighted by Crippen LogP contribution is 2.63. The van der Waals surface area contributed by atoms with Gasteiger partial charge in [0.1, 0.15) is 0 Å². The second-order valence-electron chi connectivity index (χ2n) is 15.6. The van der Waals surface area contributed by atoms with Crippen LogP contribution in [0, 0.1) is 0 Å². The molecular weight excluding hydrogens is 639 g/mol. The molecule has 3 aliphatic rings. The smallest absolute Gasteiger partial charge is 0.0726 e. The molecule has 0 amide bonds. The van der Waals surface area contributed by atoms with Crippen LogP contribution >= 0.6 is 0 Å². The molecule has 12 rings (SSSR count). The standard InChI is InChI=1S/C52H35N/c1-51(2)46-28-33(32-14-4-3-5-15-32)24-26-39(46)41-31-50-42(30-47(41)51)40-19-9-13-23-49(40)53(50)34-25-27-38-37-18-8-12-22-45(37)52(48(38)29-34)43-20-10-6-16-35(43)36-17-7-11-21-44(36)52/h3-31H,1-2H3. The molecule has 9 aromatic rings. The highest BCUT2D eigenvalue weighted by molar-refractivity contribution is 6.11. The van der Waals surface area contributed by atoms with Crippen LogP contribution in [0.4, 0.5) is 0 Å². The Morgan fingerprint density at radius 3 is 1.58 bits per heavy atom. The quantitative estimate of drug-likeness (QED) is 0.172. The molecule has 0 saturated heterocycles. The van der Waals surface area contributed by atoms with Crippen LogP contribution in [0.1, 0.15) is 47.2 Å². The number of para-hydroxylation sites is 1. The molecule has 1 aromatic heterocycles. The van der Waals surface area contributed by atoms with E-state index in [4.69, 9.17) is 0 Å². The van der Waals surface area contributed by atoms with Crippen molar-refractivity contribution >= 4 is 21.8 Å². The molecule has 0 radical (unpaired) electrons. The largest absolute Gasteiger partial charge is 0.309 e. The summed E-state index contributed by atoms with van der Waals surface area (Å²) in [6.07, 6.45) is 0. The van der Waals surface area contributed by atoms with Crippen LogP contribution < -0.4 is 0 Å². The van der Waals surface area contributed by atoms with E-state index in [2.05, 4.69) is 194 Å². The lowest BCUT2D eigenvalue weighted by Gasteiger charge is -2.30. The van der Waals surface area contributed by atoms with Crippen molar-refractivity contribution in [3.8, 4) is 50.2 Å². The van der Waals surface area contributed by atoms with Gasteiger partial charge in [-0.1, -0.05) is 153 Å². The molecule has 0 aliphatic heterocycles. The third-order valence-corrected chi connectivity index (χ3v) is 12.8. The molecule has 0 unspecified atom stereocenters. The minimum atomic E-state index is -0.380. The molecule has 53 heavy (non-hydrogen) atoms. The van der Waals surface area contributed by atoms with Crippen LogP contribution in [0.2, 0.25) is 0 Å². The fraction of sp³-hybridized carbons (Fsp3) is 0.0769. The summed E-state index contributed by atoms with van der Waals surface area (Å²) in [6.45, 7) is 4.79. The van der Waals surface area contributed by atoms with Gasteiger partial charge in [-0.25, -0.2) is 0 Å². The predicted molar refractivity (Wildman–Crippen MR) is 220 cm³/mol. The Hall–Kier alpha value is -6.44. The number of benzene rings is 8. The molecule has 0 N–H and O–H groups in total. The molecule has 0 atom stereocenters. The molecule has 1 nitrogen and oxygen atoms in total. The minimum Gasteiger partial charge on any atom is -0.309 e. The first-order valence-corrected chi connectivity index (χ1v) is 18.8. The van der Waals surface area contributed by atoms with Crippen molar-refractivity contribution in [2.24, 2.45) is 0 Å². The normalized spacial score (nSPS) is 14.9. The van der Waals surface area contributed by atoms with E-state index in [9.17, 15) is 0 Å².